The van der Waals surface area contributed by atoms with Crippen molar-refractivity contribution in [2.75, 3.05) is 0 Å². The highest BCUT2D eigenvalue weighted by molar-refractivity contribution is 9.10. The molecule has 5 aromatic carbocycles. The number of fused-ring (bicyclic) bond motifs is 2. The summed E-state index contributed by atoms with van der Waals surface area (Å²) in [6, 6.07) is 27.5. The van der Waals surface area contributed by atoms with Crippen LogP contribution in [0, 0.1) is 13.8 Å². The Morgan fingerprint density at radius 1 is 0.571 bits per heavy atom. The fourth-order valence-electron chi connectivity index (χ4n) is 4.00. The molecule has 0 aromatic heterocycles. The Labute approximate surface area is 211 Å². The summed E-state index contributed by atoms with van der Waals surface area (Å²) in [5, 5.41) is 2.65. The summed E-state index contributed by atoms with van der Waals surface area (Å²) in [5.74, 6) is -0.0983. The lowest BCUT2D eigenvalue weighted by molar-refractivity contribution is 0.0726. The van der Waals surface area contributed by atoms with Crippen molar-refractivity contribution in [1.82, 2.24) is 0 Å². The van der Waals surface area contributed by atoms with Gasteiger partial charge in [0.1, 0.15) is 11.5 Å². The molecule has 0 spiro atoms. The third kappa shape index (κ3) is 4.43. The summed E-state index contributed by atoms with van der Waals surface area (Å²) in [6.07, 6.45) is 0. The van der Waals surface area contributed by atoms with Gasteiger partial charge in [0, 0.05) is 26.0 Å². The molecule has 0 fully saturated rings. The third-order valence-electron chi connectivity index (χ3n) is 5.87. The number of rotatable bonds is 4. The van der Waals surface area contributed by atoms with E-state index in [0.717, 1.165) is 15.6 Å². The molecule has 5 rings (SSSR count). The largest absolute Gasteiger partial charge is 0.422 e. The summed E-state index contributed by atoms with van der Waals surface area (Å²) in [7, 11) is 0. The van der Waals surface area contributed by atoms with Crippen LogP contribution in [-0.4, -0.2) is 11.9 Å². The van der Waals surface area contributed by atoms with Crippen molar-refractivity contribution in [2.24, 2.45) is 0 Å². The van der Waals surface area contributed by atoms with Crippen LogP contribution >= 0.6 is 15.9 Å². The van der Waals surface area contributed by atoms with Gasteiger partial charge in [-0.1, -0.05) is 87.7 Å². The first-order valence-corrected chi connectivity index (χ1v) is 11.9. The maximum atomic E-state index is 13.1. The van der Waals surface area contributed by atoms with Crippen LogP contribution < -0.4 is 9.47 Å². The fraction of sp³-hybridized carbons (Fsp3) is 0.0667. The smallest absolute Gasteiger partial charge is 0.343 e. The fourth-order valence-corrected chi connectivity index (χ4v) is 4.55. The maximum absolute atomic E-state index is 13.1. The highest BCUT2D eigenvalue weighted by atomic mass is 79.9. The summed E-state index contributed by atoms with van der Waals surface area (Å²) >= 11 is 3.61. The van der Waals surface area contributed by atoms with Gasteiger partial charge in [0.05, 0.1) is 11.1 Å². The molecule has 0 aliphatic heterocycles. The van der Waals surface area contributed by atoms with E-state index in [4.69, 9.17) is 9.47 Å². The monoisotopic (exact) mass is 524 g/mol. The lowest BCUT2D eigenvalue weighted by Gasteiger charge is -2.17. The SMILES string of the molecule is Cc1ccc(C(=O)Oc2c3ccccc3c(OC(=O)c3ccc(C)cc3)c3c(Br)cccc23)cc1. The predicted octanol–water partition coefficient (Wildman–Crippen LogP) is 7.81. The Morgan fingerprint density at radius 2 is 1.03 bits per heavy atom. The second-order valence-corrected chi connectivity index (χ2v) is 9.23. The number of carbonyl (C=O) groups is 2. The second-order valence-electron chi connectivity index (χ2n) is 8.38. The lowest BCUT2D eigenvalue weighted by Crippen LogP contribution is -2.11. The zero-order valence-corrected chi connectivity index (χ0v) is 20.8. The highest BCUT2D eigenvalue weighted by Gasteiger charge is 2.22. The molecule has 172 valence electrons. The molecule has 0 atom stereocenters. The summed E-state index contributed by atoms with van der Waals surface area (Å²) in [6.45, 7) is 3.92. The summed E-state index contributed by atoms with van der Waals surface area (Å²) in [4.78, 5) is 26.1. The predicted molar refractivity (Wildman–Crippen MR) is 141 cm³/mol. The second kappa shape index (κ2) is 9.35. The molecule has 0 unspecified atom stereocenters. The Hall–Kier alpha value is -3.96. The van der Waals surface area contributed by atoms with E-state index in [9.17, 15) is 9.59 Å². The Balaban J connectivity index is 1.68. The van der Waals surface area contributed by atoms with Gasteiger partial charge in [-0.05, 0) is 44.2 Å². The van der Waals surface area contributed by atoms with Crippen LogP contribution in [0.5, 0.6) is 11.5 Å². The van der Waals surface area contributed by atoms with Gasteiger partial charge < -0.3 is 9.47 Å². The van der Waals surface area contributed by atoms with E-state index in [0.29, 0.717) is 44.2 Å². The van der Waals surface area contributed by atoms with Crippen LogP contribution in [0.2, 0.25) is 0 Å². The molecule has 0 amide bonds. The van der Waals surface area contributed by atoms with E-state index in [1.54, 1.807) is 24.3 Å². The van der Waals surface area contributed by atoms with Crippen molar-refractivity contribution in [2.45, 2.75) is 13.8 Å². The molecular weight excluding hydrogens is 504 g/mol. The molecular formula is C30H21BrO4. The van der Waals surface area contributed by atoms with Crippen molar-refractivity contribution in [1.29, 1.82) is 0 Å². The number of esters is 2. The molecule has 0 radical (unpaired) electrons. The van der Waals surface area contributed by atoms with Gasteiger partial charge >= 0.3 is 11.9 Å². The van der Waals surface area contributed by atoms with Crippen molar-refractivity contribution in [3.8, 4) is 11.5 Å². The topological polar surface area (TPSA) is 52.6 Å². The molecule has 0 saturated carbocycles. The van der Waals surface area contributed by atoms with Gasteiger partial charge in [-0.25, -0.2) is 9.59 Å². The van der Waals surface area contributed by atoms with Crippen molar-refractivity contribution in [3.63, 3.8) is 0 Å². The first-order valence-electron chi connectivity index (χ1n) is 11.1. The lowest BCUT2D eigenvalue weighted by atomic mass is 10.0. The van der Waals surface area contributed by atoms with Crippen molar-refractivity contribution < 1.29 is 19.1 Å². The van der Waals surface area contributed by atoms with E-state index in [-0.39, 0.29) is 0 Å². The molecule has 35 heavy (non-hydrogen) atoms. The van der Waals surface area contributed by atoms with Gasteiger partial charge in [0.2, 0.25) is 0 Å². The van der Waals surface area contributed by atoms with Crippen LogP contribution in [0.25, 0.3) is 21.5 Å². The first-order chi connectivity index (χ1) is 16.9. The average Bonchev–Trinajstić information content (AvgIpc) is 2.86. The Kier molecular flexibility index (Phi) is 6.10. The number of carbonyl (C=O) groups excluding carboxylic acids is 2. The van der Waals surface area contributed by atoms with Crippen LogP contribution in [0.15, 0.2) is 95.5 Å². The molecule has 0 N–H and O–H groups in total. The zero-order valence-electron chi connectivity index (χ0n) is 19.2. The van der Waals surface area contributed by atoms with Gasteiger partial charge in [0.15, 0.2) is 0 Å². The van der Waals surface area contributed by atoms with E-state index in [1.165, 1.54) is 0 Å². The van der Waals surface area contributed by atoms with Crippen LogP contribution in [0.4, 0.5) is 0 Å². The van der Waals surface area contributed by atoms with Gasteiger partial charge in [0.25, 0.3) is 0 Å². The minimum absolute atomic E-state index is 0.406. The molecule has 4 nitrogen and oxygen atoms in total. The number of benzene rings is 5. The quantitative estimate of drug-likeness (QED) is 0.136. The van der Waals surface area contributed by atoms with Crippen LogP contribution in [0.3, 0.4) is 0 Å². The molecule has 0 saturated heterocycles. The van der Waals surface area contributed by atoms with Gasteiger partial charge in [-0.15, -0.1) is 0 Å². The number of aryl methyl sites for hydroxylation is 2. The third-order valence-corrected chi connectivity index (χ3v) is 6.53. The number of halogens is 1. The zero-order chi connectivity index (χ0) is 24.5. The minimum Gasteiger partial charge on any atom is -0.422 e. The summed E-state index contributed by atoms with van der Waals surface area (Å²) in [5.41, 5.74) is 3.02. The minimum atomic E-state index is -0.461. The standard InChI is InChI=1S/C30H21BrO4/c1-18-10-14-20(15-11-18)29(32)34-27-22-6-3-4-7-23(22)28(26-24(27)8-5-9-25(26)31)35-30(33)21-16-12-19(2)13-17-21/h3-17H,1-2H3. The van der Waals surface area contributed by atoms with Gasteiger partial charge in [-0.2, -0.15) is 0 Å². The van der Waals surface area contributed by atoms with E-state index >= 15 is 0 Å². The molecule has 5 aromatic rings. The maximum Gasteiger partial charge on any atom is 0.343 e. The number of ether oxygens (including phenoxy) is 2. The Morgan fingerprint density at radius 3 is 1.57 bits per heavy atom. The average molecular weight is 525 g/mol. The Bertz CT molecular complexity index is 1590. The van der Waals surface area contributed by atoms with E-state index < -0.39 is 11.9 Å². The van der Waals surface area contributed by atoms with Crippen LogP contribution in [0.1, 0.15) is 31.8 Å². The normalized spacial score (nSPS) is 10.9. The number of hydrogen-bond acceptors (Lipinski definition) is 4. The van der Waals surface area contributed by atoms with Crippen molar-refractivity contribution in [3.05, 3.63) is 118 Å². The molecule has 0 aliphatic carbocycles. The van der Waals surface area contributed by atoms with Crippen molar-refractivity contribution >= 4 is 49.4 Å². The molecule has 0 bridgehead atoms. The number of hydrogen-bond donors (Lipinski definition) is 0. The van der Waals surface area contributed by atoms with Gasteiger partial charge in [-0.3, -0.25) is 0 Å². The van der Waals surface area contributed by atoms with E-state index in [1.807, 2.05) is 80.6 Å². The molecule has 0 heterocycles. The molecule has 0 aliphatic rings. The van der Waals surface area contributed by atoms with E-state index in [2.05, 4.69) is 15.9 Å². The highest BCUT2D eigenvalue weighted by Crippen LogP contribution is 2.46. The first kappa shape index (κ1) is 22.8. The van der Waals surface area contributed by atoms with Crippen LogP contribution in [-0.2, 0) is 0 Å². The molecule has 5 heteroatoms. The summed E-state index contributed by atoms with van der Waals surface area (Å²) < 4.78 is 12.7.